The molecule has 1 atom stereocenters. The minimum atomic E-state index is 0.837. The first kappa shape index (κ1) is 13.6. The van der Waals surface area contributed by atoms with Gasteiger partial charge in [0.2, 0.25) is 0 Å². The number of hydrogen-bond donors (Lipinski definition) is 1. The summed E-state index contributed by atoms with van der Waals surface area (Å²) in [5.74, 6) is 0.837. The molecule has 2 heteroatoms. The van der Waals surface area contributed by atoms with Gasteiger partial charge < -0.3 is 5.32 Å². The SMILES string of the molecule is CCN(Cc1cccc(C)c1)CC1CCCNC1. The number of nitrogens with zero attached hydrogens (tertiary/aromatic N) is 1. The average molecular weight is 246 g/mol. The van der Waals surface area contributed by atoms with Crippen molar-refractivity contribution < 1.29 is 0 Å². The normalized spacial score (nSPS) is 20.3. The molecule has 1 aliphatic heterocycles. The van der Waals surface area contributed by atoms with Crippen LogP contribution in [-0.4, -0.2) is 31.1 Å². The molecule has 0 spiro atoms. The highest BCUT2D eigenvalue weighted by atomic mass is 15.1. The first-order valence-corrected chi connectivity index (χ1v) is 7.26. The van der Waals surface area contributed by atoms with Crippen molar-refractivity contribution in [3.05, 3.63) is 35.4 Å². The quantitative estimate of drug-likeness (QED) is 0.859. The zero-order valence-electron chi connectivity index (χ0n) is 11.8. The van der Waals surface area contributed by atoms with E-state index < -0.39 is 0 Å². The van der Waals surface area contributed by atoms with E-state index in [1.807, 2.05) is 0 Å². The number of hydrogen-bond acceptors (Lipinski definition) is 2. The van der Waals surface area contributed by atoms with Crippen molar-refractivity contribution >= 4 is 0 Å². The molecular weight excluding hydrogens is 220 g/mol. The lowest BCUT2D eigenvalue weighted by Gasteiger charge is -2.29. The molecule has 0 amide bonds. The minimum absolute atomic E-state index is 0.837. The summed E-state index contributed by atoms with van der Waals surface area (Å²) < 4.78 is 0. The summed E-state index contributed by atoms with van der Waals surface area (Å²) in [6.45, 7) is 10.3. The molecule has 18 heavy (non-hydrogen) atoms. The van der Waals surface area contributed by atoms with Gasteiger partial charge in [0.1, 0.15) is 0 Å². The molecule has 0 bridgehead atoms. The second-order valence-electron chi connectivity index (χ2n) is 5.53. The maximum absolute atomic E-state index is 3.51. The average Bonchev–Trinajstić information content (AvgIpc) is 2.39. The second-order valence-corrected chi connectivity index (χ2v) is 5.53. The van der Waals surface area contributed by atoms with Gasteiger partial charge in [-0.1, -0.05) is 36.8 Å². The molecule has 0 radical (unpaired) electrons. The maximum Gasteiger partial charge on any atom is 0.0233 e. The minimum Gasteiger partial charge on any atom is -0.316 e. The van der Waals surface area contributed by atoms with E-state index in [1.165, 1.54) is 43.6 Å². The van der Waals surface area contributed by atoms with E-state index in [-0.39, 0.29) is 0 Å². The van der Waals surface area contributed by atoms with Crippen LogP contribution < -0.4 is 5.32 Å². The number of benzene rings is 1. The Kier molecular flexibility index (Phi) is 5.21. The Morgan fingerprint density at radius 1 is 1.39 bits per heavy atom. The van der Waals surface area contributed by atoms with E-state index >= 15 is 0 Å². The molecule has 1 aromatic carbocycles. The molecule has 1 heterocycles. The van der Waals surface area contributed by atoms with Crippen molar-refractivity contribution in [3.8, 4) is 0 Å². The van der Waals surface area contributed by atoms with Gasteiger partial charge in [-0.3, -0.25) is 4.90 Å². The molecule has 0 aromatic heterocycles. The van der Waals surface area contributed by atoms with Gasteiger partial charge in [0.05, 0.1) is 0 Å². The fourth-order valence-corrected chi connectivity index (χ4v) is 2.82. The van der Waals surface area contributed by atoms with Crippen molar-refractivity contribution in [1.29, 1.82) is 0 Å². The van der Waals surface area contributed by atoms with Crippen LogP contribution in [0.3, 0.4) is 0 Å². The lowest BCUT2D eigenvalue weighted by Crippen LogP contribution is -2.38. The molecule has 2 rings (SSSR count). The van der Waals surface area contributed by atoms with Gasteiger partial charge in [-0.05, 0) is 50.9 Å². The van der Waals surface area contributed by atoms with Crippen LogP contribution in [0.5, 0.6) is 0 Å². The molecule has 1 fully saturated rings. The summed E-state index contributed by atoms with van der Waals surface area (Å²) in [5, 5.41) is 3.51. The molecule has 1 saturated heterocycles. The van der Waals surface area contributed by atoms with Crippen molar-refractivity contribution in [3.63, 3.8) is 0 Å². The summed E-state index contributed by atoms with van der Waals surface area (Å²) in [6.07, 6.45) is 2.73. The monoisotopic (exact) mass is 246 g/mol. The first-order chi connectivity index (χ1) is 8.78. The Hall–Kier alpha value is -0.860. The third-order valence-corrected chi connectivity index (χ3v) is 3.85. The van der Waals surface area contributed by atoms with E-state index in [0.717, 1.165) is 19.0 Å². The van der Waals surface area contributed by atoms with Gasteiger partial charge >= 0.3 is 0 Å². The molecule has 100 valence electrons. The first-order valence-electron chi connectivity index (χ1n) is 7.26. The molecular formula is C16H26N2. The second kappa shape index (κ2) is 6.91. The molecule has 1 N–H and O–H groups in total. The number of aryl methyl sites for hydroxylation is 1. The summed E-state index contributed by atoms with van der Waals surface area (Å²) in [4.78, 5) is 2.58. The molecule has 2 nitrogen and oxygen atoms in total. The summed E-state index contributed by atoms with van der Waals surface area (Å²) in [5.41, 5.74) is 2.81. The Morgan fingerprint density at radius 2 is 2.28 bits per heavy atom. The van der Waals surface area contributed by atoms with Crippen molar-refractivity contribution in [2.75, 3.05) is 26.2 Å². The van der Waals surface area contributed by atoms with Crippen LogP contribution in [0.4, 0.5) is 0 Å². The fraction of sp³-hybridized carbons (Fsp3) is 0.625. The Bertz CT molecular complexity index is 356. The summed E-state index contributed by atoms with van der Waals surface area (Å²) in [7, 11) is 0. The van der Waals surface area contributed by atoms with Crippen LogP contribution in [0.2, 0.25) is 0 Å². The highest BCUT2D eigenvalue weighted by Crippen LogP contribution is 2.14. The predicted octanol–water partition coefficient (Wildman–Crippen LogP) is 2.82. The fourth-order valence-electron chi connectivity index (χ4n) is 2.82. The number of rotatable bonds is 5. The Morgan fingerprint density at radius 3 is 2.94 bits per heavy atom. The van der Waals surface area contributed by atoms with Gasteiger partial charge in [-0.2, -0.15) is 0 Å². The third-order valence-electron chi connectivity index (χ3n) is 3.85. The maximum atomic E-state index is 3.51. The summed E-state index contributed by atoms with van der Waals surface area (Å²) in [6, 6.07) is 8.89. The standard InChI is InChI=1S/C16H26N2/c1-3-18(13-16-8-5-9-17-11-16)12-15-7-4-6-14(2)10-15/h4,6-7,10,16-17H,3,5,8-9,11-13H2,1-2H3. The van der Waals surface area contributed by atoms with Crippen molar-refractivity contribution in [2.45, 2.75) is 33.2 Å². The van der Waals surface area contributed by atoms with Crippen LogP contribution in [0.1, 0.15) is 30.9 Å². The van der Waals surface area contributed by atoms with E-state index in [9.17, 15) is 0 Å². The van der Waals surface area contributed by atoms with Gasteiger partial charge in [0.25, 0.3) is 0 Å². The van der Waals surface area contributed by atoms with Crippen molar-refractivity contribution in [2.24, 2.45) is 5.92 Å². The predicted molar refractivity (Wildman–Crippen MR) is 77.7 cm³/mol. The van der Waals surface area contributed by atoms with E-state index in [4.69, 9.17) is 0 Å². The molecule has 1 aliphatic rings. The Balaban J connectivity index is 1.88. The zero-order chi connectivity index (χ0) is 12.8. The highest BCUT2D eigenvalue weighted by Gasteiger charge is 2.16. The van der Waals surface area contributed by atoms with Gasteiger partial charge in [-0.15, -0.1) is 0 Å². The lowest BCUT2D eigenvalue weighted by molar-refractivity contribution is 0.209. The van der Waals surface area contributed by atoms with E-state index in [2.05, 4.69) is 48.3 Å². The topological polar surface area (TPSA) is 15.3 Å². The number of nitrogens with one attached hydrogen (secondary N) is 1. The molecule has 1 unspecified atom stereocenters. The largest absolute Gasteiger partial charge is 0.316 e. The zero-order valence-corrected chi connectivity index (χ0v) is 11.8. The van der Waals surface area contributed by atoms with E-state index in [0.29, 0.717) is 0 Å². The molecule has 0 saturated carbocycles. The van der Waals surface area contributed by atoms with E-state index in [1.54, 1.807) is 0 Å². The van der Waals surface area contributed by atoms with Gasteiger partial charge in [-0.25, -0.2) is 0 Å². The van der Waals surface area contributed by atoms with Gasteiger partial charge in [0.15, 0.2) is 0 Å². The van der Waals surface area contributed by atoms with Crippen LogP contribution in [0.25, 0.3) is 0 Å². The highest BCUT2D eigenvalue weighted by molar-refractivity contribution is 5.22. The van der Waals surface area contributed by atoms with Crippen LogP contribution in [0, 0.1) is 12.8 Å². The third kappa shape index (κ3) is 4.11. The Labute approximate surface area is 111 Å². The van der Waals surface area contributed by atoms with Crippen LogP contribution >= 0.6 is 0 Å². The molecule has 0 aliphatic carbocycles. The van der Waals surface area contributed by atoms with Crippen LogP contribution in [-0.2, 0) is 6.54 Å². The lowest BCUT2D eigenvalue weighted by atomic mass is 9.99. The van der Waals surface area contributed by atoms with Gasteiger partial charge in [0, 0.05) is 13.1 Å². The van der Waals surface area contributed by atoms with Crippen molar-refractivity contribution in [1.82, 2.24) is 10.2 Å². The summed E-state index contributed by atoms with van der Waals surface area (Å²) >= 11 is 0. The smallest absolute Gasteiger partial charge is 0.0233 e. The number of piperidine rings is 1. The molecule has 1 aromatic rings. The van der Waals surface area contributed by atoms with Crippen LogP contribution in [0.15, 0.2) is 24.3 Å².